The molecule has 0 saturated carbocycles. The number of imide groups is 1. The predicted molar refractivity (Wildman–Crippen MR) is 151 cm³/mol. The minimum absolute atomic E-state index is 0.262. The fourth-order valence-electron chi connectivity index (χ4n) is 4.93. The van der Waals surface area contributed by atoms with Gasteiger partial charge < -0.3 is 15.0 Å². The number of thiazole rings is 1. The Morgan fingerprint density at radius 1 is 0.949 bits per heavy atom. The summed E-state index contributed by atoms with van der Waals surface area (Å²) in [5.74, 6) is -2.08. The molecule has 3 unspecified atom stereocenters. The molecule has 8 nitrogen and oxygen atoms in total. The van der Waals surface area contributed by atoms with Gasteiger partial charge in [-0.05, 0) is 42.5 Å². The Balaban J connectivity index is 1.35. The third-order valence-electron chi connectivity index (χ3n) is 6.58. The molecular formula is C28H20ClN3O5S2. The summed E-state index contributed by atoms with van der Waals surface area (Å²) >= 11 is 8.24. The van der Waals surface area contributed by atoms with Crippen LogP contribution in [0.5, 0.6) is 5.75 Å². The zero-order chi connectivity index (χ0) is 27.1. The van der Waals surface area contributed by atoms with Crippen LogP contribution in [-0.2, 0) is 14.4 Å². The van der Waals surface area contributed by atoms with Gasteiger partial charge in [0.05, 0.1) is 16.6 Å². The van der Waals surface area contributed by atoms with Gasteiger partial charge in [-0.1, -0.05) is 71.1 Å². The number of nitrogens with one attached hydrogen (secondary N) is 2. The van der Waals surface area contributed by atoms with Crippen molar-refractivity contribution < 1.29 is 19.1 Å². The molecule has 3 atom stereocenters. The van der Waals surface area contributed by atoms with E-state index in [1.807, 2.05) is 18.2 Å². The summed E-state index contributed by atoms with van der Waals surface area (Å²) in [7, 11) is 0. The number of H-pyrrole nitrogens is 1. The zero-order valence-corrected chi connectivity index (χ0v) is 22.5. The fraction of sp³-hybridized carbons (Fsp3) is 0.143. The highest BCUT2D eigenvalue weighted by Crippen LogP contribution is 2.54. The van der Waals surface area contributed by atoms with Crippen LogP contribution in [0.15, 0.2) is 88.7 Å². The number of benzene rings is 3. The summed E-state index contributed by atoms with van der Waals surface area (Å²) < 4.78 is 5.95. The van der Waals surface area contributed by atoms with E-state index in [9.17, 15) is 19.2 Å². The number of hydrogen-bond acceptors (Lipinski definition) is 7. The molecule has 3 heterocycles. The Labute approximate surface area is 236 Å². The Bertz CT molecular complexity index is 1640. The largest absolute Gasteiger partial charge is 0.483 e. The molecule has 3 amide bonds. The van der Waals surface area contributed by atoms with Crippen LogP contribution in [0.1, 0.15) is 16.4 Å². The molecule has 6 rings (SSSR count). The number of nitrogens with zero attached hydrogens (tertiary/aromatic N) is 1. The predicted octanol–water partition coefficient (Wildman–Crippen LogP) is 4.90. The van der Waals surface area contributed by atoms with Gasteiger partial charge in [-0.15, -0.1) is 0 Å². The topological polar surface area (TPSA) is 109 Å². The molecule has 1 saturated heterocycles. The number of carbonyl (C=O) groups excluding carboxylic acids is 3. The van der Waals surface area contributed by atoms with Crippen molar-refractivity contribution in [2.75, 3.05) is 16.8 Å². The van der Waals surface area contributed by atoms with E-state index in [0.29, 0.717) is 37.6 Å². The Morgan fingerprint density at radius 2 is 1.67 bits per heavy atom. The van der Waals surface area contributed by atoms with Gasteiger partial charge in [0.25, 0.3) is 5.91 Å². The zero-order valence-electron chi connectivity index (χ0n) is 20.1. The molecule has 1 fully saturated rings. The van der Waals surface area contributed by atoms with Crippen LogP contribution in [0, 0.1) is 5.92 Å². The lowest BCUT2D eigenvalue weighted by atomic mass is 9.82. The van der Waals surface area contributed by atoms with E-state index in [2.05, 4.69) is 10.3 Å². The van der Waals surface area contributed by atoms with Crippen molar-refractivity contribution in [2.24, 2.45) is 5.92 Å². The van der Waals surface area contributed by atoms with Crippen molar-refractivity contribution in [3.63, 3.8) is 0 Å². The maximum absolute atomic E-state index is 13.9. The number of halogens is 1. The normalized spacial score (nSPS) is 19.9. The van der Waals surface area contributed by atoms with Crippen molar-refractivity contribution in [3.05, 3.63) is 104 Å². The summed E-state index contributed by atoms with van der Waals surface area (Å²) in [5, 5.41) is 3.09. The molecular weight excluding hydrogens is 558 g/mol. The molecule has 11 heteroatoms. The van der Waals surface area contributed by atoms with Crippen LogP contribution >= 0.6 is 34.7 Å². The van der Waals surface area contributed by atoms with Crippen molar-refractivity contribution in [1.29, 1.82) is 0 Å². The van der Waals surface area contributed by atoms with Gasteiger partial charge in [-0.25, -0.2) is 4.90 Å². The van der Waals surface area contributed by atoms with Gasteiger partial charge in [0.15, 0.2) is 6.61 Å². The number of amides is 3. The lowest BCUT2D eigenvalue weighted by molar-refractivity contribution is -0.122. The average molecular weight is 578 g/mol. The maximum atomic E-state index is 13.9. The molecule has 4 aromatic rings. The first-order chi connectivity index (χ1) is 18.9. The Morgan fingerprint density at radius 3 is 2.44 bits per heavy atom. The first-order valence-electron chi connectivity index (χ1n) is 12.0. The molecule has 2 aliphatic rings. The van der Waals surface area contributed by atoms with E-state index in [-0.39, 0.29) is 29.2 Å². The van der Waals surface area contributed by atoms with Crippen LogP contribution < -0.4 is 19.8 Å². The summed E-state index contributed by atoms with van der Waals surface area (Å²) in [6, 6.07) is 22.6. The smallest absolute Gasteiger partial charge is 0.305 e. The molecule has 2 aliphatic heterocycles. The van der Waals surface area contributed by atoms with Crippen LogP contribution in [0.25, 0.3) is 0 Å². The Kier molecular flexibility index (Phi) is 6.76. The van der Waals surface area contributed by atoms with Gasteiger partial charge >= 0.3 is 4.87 Å². The highest BCUT2D eigenvalue weighted by Gasteiger charge is 2.56. The number of hydrogen-bond donors (Lipinski definition) is 2. The van der Waals surface area contributed by atoms with Crippen molar-refractivity contribution in [2.45, 2.75) is 16.2 Å². The molecule has 0 spiro atoms. The van der Waals surface area contributed by atoms with E-state index < -0.39 is 17.1 Å². The number of thioether (sulfide) groups is 1. The first-order valence-corrected chi connectivity index (χ1v) is 14.1. The van der Waals surface area contributed by atoms with E-state index >= 15 is 0 Å². The van der Waals surface area contributed by atoms with Crippen LogP contribution in [0.2, 0.25) is 5.02 Å². The van der Waals surface area contributed by atoms with Gasteiger partial charge in [0, 0.05) is 27.1 Å². The number of ether oxygens (including phenoxy) is 1. The molecule has 3 aromatic carbocycles. The maximum Gasteiger partial charge on any atom is 0.305 e. The summed E-state index contributed by atoms with van der Waals surface area (Å²) in [4.78, 5) is 56.8. The average Bonchev–Trinajstić information content (AvgIpc) is 3.43. The first kappa shape index (κ1) is 25.4. The molecule has 196 valence electrons. The molecule has 0 bridgehead atoms. The Hall–Kier alpha value is -3.86. The summed E-state index contributed by atoms with van der Waals surface area (Å²) in [6.45, 7) is -0.262. The van der Waals surface area contributed by atoms with Crippen LogP contribution in [0.4, 0.5) is 11.4 Å². The van der Waals surface area contributed by atoms with E-state index in [1.165, 1.54) is 16.7 Å². The van der Waals surface area contributed by atoms with Gasteiger partial charge in [0.1, 0.15) is 11.0 Å². The number of carbonyl (C=O) groups is 3. The van der Waals surface area contributed by atoms with Crippen molar-refractivity contribution >= 4 is 63.8 Å². The van der Waals surface area contributed by atoms with E-state index in [1.54, 1.807) is 60.7 Å². The minimum atomic E-state index is -0.778. The SMILES string of the molecule is O=C(COc1ccccc1C1c2sc(=O)[nH]c2SC2C(=O)N(c3ccc(Cl)cc3)C(=O)C21)Nc1ccccc1. The number of rotatable bonds is 6. The minimum Gasteiger partial charge on any atom is -0.483 e. The number of fused-ring (bicyclic) bond motifs is 2. The number of aromatic nitrogens is 1. The second kappa shape index (κ2) is 10.4. The highest BCUT2D eigenvalue weighted by atomic mass is 35.5. The molecule has 39 heavy (non-hydrogen) atoms. The monoisotopic (exact) mass is 577 g/mol. The van der Waals surface area contributed by atoms with Gasteiger partial charge in [-0.2, -0.15) is 0 Å². The standard InChI is InChI=1S/C28H20ClN3O5S2/c29-15-10-12-17(13-11-15)32-26(34)22-21(23-25(31-28(36)39-23)38-24(22)27(32)35)18-8-4-5-9-19(18)37-14-20(33)30-16-6-2-1-3-7-16/h1-13,21-22,24H,14H2,(H,30,33)(H,31,36). The lowest BCUT2D eigenvalue weighted by Crippen LogP contribution is -2.32. The third-order valence-corrected chi connectivity index (χ3v) is 9.23. The van der Waals surface area contributed by atoms with Crippen LogP contribution in [-0.4, -0.2) is 34.6 Å². The summed E-state index contributed by atoms with van der Waals surface area (Å²) in [5.41, 5.74) is 1.70. The van der Waals surface area contributed by atoms with Crippen LogP contribution in [0.3, 0.4) is 0 Å². The van der Waals surface area contributed by atoms with Gasteiger partial charge in [-0.3, -0.25) is 19.2 Å². The molecule has 1 aromatic heterocycles. The fourth-order valence-corrected chi connectivity index (χ4v) is 7.56. The molecule has 0 aliphatic carbocycles. The lowest BCUT2D eigenvalue weighted by Gasteiger charge is -2.30. The van der Waals surface area contributed by atoms with Gasteiger partial charge in [0.2, 0.25) is 11.8 Å². The van der Waals surface area contributed by atoms with Crippen molar-refractivity contribution in [1.82, 2.24) is 4.98 Å². The molecule has 2 N–H and O–H groups in total. The number of anilines is 2. The van der Waals surface area contributed by atoms with E-state index in [4.69, 9.17) is 16.3 Å². The second-order valence-electron chi connectivity index (χ2n) is 8.98. The second-order valence-corrected chi connectivity index (χ2v) is 11.6. The third kappa shape index (κ3) is 4.75. The number of aromatic amines is 1. The summed E-state index contributed by atoms with van der Waals surface area (Å²) in [6.07, 6.45) is 0. The quantitative estimate of drug-likeness (QED) is 0.316. The van der Waals surface area contributed by atoms with E-state index in [0.717, 1.165) is 11.3 Å². The number of para-hydroxylation sites is 2. The van der Waals surface area contributed by atoms with Crippen molar-refractivity contribution in [3.8, 4) is 5.75 Å². The highest BCUT2D eigenvalue weighted by molar-refractivity contribution is 8.00. The molecule has 0 radical (unpaired) electrons.